The zero-order valence-corrected chi connectivity index (χ0v) is 12.4. The molecular weight excluding hydrogens is 292 g/mol. The molecule has 0 bridgehead atoms. The van der Waals surface area contributed by atoms with Gasteiger partial charge in [0, 0.05) is 18.0 Å². The molecule has 0 saturated carbocycles. The molecule has 1 N–H and O–H groups in total. The quantitative estimate of drug-likeness (QED) is 0.892. The third-order valence-corrected chi connectivity index (χ3v) is 4.57. The maximum Gasteiger partial charge on any atom is 0.410 e. The van der Waals surface area contributed by atoms with Crippen LogP contribution in [0.5, 0.6) is 0 Å². The van der Waals surface area contributed by atoms with Crippen LogP contribution in [0, 0.1) is 0 Å². The number of carbonyl (C=O) groups excluding carboxylic acids is 2. The second-order valence-electron chi connectivity index (χ2n) is 5.18. The Hall–Kier alpha value is -1.60. The number of hydrogen-bond acceptors (Lipinski definition) is 5. The number of carbonyl (C=O) groups is 2. The highest BCUT2D eigenvalue weighted by molar-refractivity contribution is 7.09. The number of thiophene rings is 1. The Bertz CT molecular complexity index is 499. The Morgan fingerprint density at radius 2 is 2.43 bits per heavy atom. The normalized spacial score (nSPS) is 25.1. The molecule has 3 heterocycles. The van der Waals surface area contributed by atoms with E-state index >= 15 is 0 Å². The van der Waals surface area contributed by atoms with Crippen molar-refractivity contribution in [3.63, 3.8) is 0 Å². The second-order valence-corrected chi connectivity index (χ2v) is 6.21. The van der Waals surface area contributed by atoms with Crippen molar-refractivity contribution in [1.82, 2.24) is 10.2 Å². The third kappa shape index (κ3) is 3.36. The Kier molecular flexibility index (Phi) is 4.40. The molecular formula is C14H18N2O4S. The van der Waals surface area contributed by atoms with Crippen molar-refractivity contribution in [1.29, 1.82) is 0 Å². The van der Waals surface area contributed by atoms with Crippen LogP contribution < -0.4 is 5.32 Å². The lowest BCUT2D eigenvalue weighted by Crippen LogP contribution is -2.47. The highest BCUT2D eigenvalue weighted by Crippen LogP contribution is 2.19. The van der Waals surface area contributed by atoms with Gasteiger partial charge in [-0.3, -0.25) is 9.69 Å². The van der Waals surface area contributed by atoms with Gasteiger partial charge in [0.1, 0.15) is 12.6 Å². The monoisotopic (exact) mass is 310 g/mol. The van der Waals surface area contributed by atoms with Crippen molar-refractivity contribution in [3.8, 4) is 0 Å². The molecule has 21 heavy (non-hydrogen) atoms. The van der Waals surface area contributed by atoms with Gasteiger partial charge >= 0.3 is 6.09 Å². The molecule has 0 aliphatic carbocycles. The van der Waals surface area contributed by atoms with Crippen LogP contribution in [0.1, 0.15) is 17.7 Å². The van der Waals surface area contributed by atoms with Crippen molar-refractivity contribution >= 4 is 23.3 Å². The topological polar surface area (TPSA) is 67.9 Å². The molecule has 0 aromatic carbocycles. The van der Waals surface area contributed by atoms with Crippen LogP contribution in [0.15, 0.2) is 17.5 Å². The van der Waals surface area contributed by atoms with E-state index in [0.29, 0.717) is 13.1 Å². The fourth-order valence-electron chi connectivity index (χ4n) is 2.55. The molecule has 2 aliphatic rings. The minimum Gasteiger partial charge on any atom is -0.447 e. The maximum atomic E-state index is 12.2. The largest absolute Gasteiger partial charge is 0.447 e. The van der Waals surface area contributed by atoms with Crippen LogP contribution >= 0.6 is 11.3 Å². The standard InChI is InChI=1S/C14H18N2O4S/c17-13(15-7-10-3-1-5-19-10)12-9-20-14(18)16(12)8-11-4-2-6-21-11/h2,4,6,10,12H,1,3,5,7-9H2,(H,15,17)/t10?,12-/m0/s1. The highest BCUT2D eigenvalue weighted by Gasteiger charge is 2.38. The first-order chi connectivity index (χ1) is 10.2. The van der Waals surface area contributed by atoms with E-state index in [9.17, 15) is 9.59 Å². The van der Waals surface area contributed by atoms with E-state index in [-0.39, 0.29) is 18.6 Å². The highest BCUT2D eigenvalue weighted by atomic mass is 32.1. The van der Waals surface area contributed by atoms with E-state index in [1.54, 1.807) is 11.3 Å². The molecule has 7 heteroatoms. The number of hydrogen-bond donors (Lipinski definition) is 1. The first-order valence-corrected chi connectivity index (χ1v) is 7.97. The molecule has 1 unspecified atom stereocenters. The Morgan fingerprint density at radius 3 is 3.14 bits per heavy atom. The summed E-state index contributed by atoms with van der Waals surface area (Å²) >= 11 is 1.56. The zero-order chi connectivity index (χ0) is 14.7. The summed E-state index contributed by atoms with van der Waals surface area (Å²) in [5.74, 6) is -0.173. The smallest absolute Gasteiger partial charge is 0.410 e. The van der Waals surface area contributed by atoms with E-state index in [2.05, 4.69) is 5.32 Å². The summed E-state index contributed by atoms with van der Waals surface area (Å²) in [7, 11) is 0. The third-order valence-electron chi connectivity index (χ3n) is 3.71. The first-order valence-electron chi connectivity index (χ1n) is 7.09. The summed E-state index contributed by atoms with van der Waals surface area (Å²) in [6, 6.07) is 3.31. The second kappa shape index (κ2) is 6.44. The lowest BCUT2D eigenvalue weighted by Gasteiger charge is -2.21. The van der Waals surface area contributed by atoms with Gasteiger partial charge in [0.25, 0.3) is 0 Å². The van der Waals surface area contributed by atoms with Crippen molar-refractivity contribution in [2.24, 2.45) is 0 Å². The molecule has 2 aliphatic heterocycles. The van der Waals surface area contributed by atoms with E-state index in [0.717, 1.165) is 24.3 Å². The van der Waals surface area contributed by atoms with Crippen molar-refractivity contribution in [2.45, 2.75) is 31.5 Å². The Balaban J connectivity index is 1.56. The van der Waals surface area contributed by atoms with E-state index in [4.69, 9.17) is 9.47 Å². The van der Waals surface area contributed by atoms with Crippen LogP contribution in [0.2, 0.25) is 0 Å². The number of rotatable bonds is 5. The number of ether oxygens (including phenoxy) is 2. The molecule has 1 aromatic rings. The molecule has 2 fully saturated rings. The fraction of sp³-hybridized carbons (Fsp3) is 0.571. The Labute approximate surface area is 127 Å². The number of amides is 2. The summed E-state index contributed by atoms with van der Waals surface area (Å²) in [6.07, 6.45) is 1.67. The molecule has 1 aromatic heterocycles. The van der Waals surface area contributed by atoms with Crippen molar-refractivity contribution in [2.75, 3.05) is 19.8 Å². The molecule has 3 rings (SSSR count). The molecule has 2 saturated heterocycles. The summed E-state index contributed by atoms with van der Waals surface area (Å²) < 4.78 is 10.5. The fourth-order valence-corrected chi connectivity index (χ4v) is 3.25. The van der Waals surface area contributed by atoms with E-state index < -0.39 is 12.1 Å². The zero-order valence-electron chi connectivity index (χ0n) is 11.6. The molecule has 6 nitrogen and oxygen atoms in total. The predicted octanol–water partition coefficient (Wildman–Crippen LogP) is 1.36. The first kappa shape index (κ1) is 14.3. The van der Waals surface area contributed by atoms with Gasteiger partial charge in [0.2, 0.25) is 5.91 Å². The van der Waals surface area contributed by atoms with Gasteiger partial charge in [-0.25, -0.2) is 4.79 Å². The number of cyclic esters (lactones) is 1. The number of nitrogens with zero attached hydrogens (tertiary/aromatic N) is 1. The SMILES string of the molecule is O=C(NCC1CCCO1)[C@@H]1COC(=O)N1Cc1cccs1. The lowest BCUT2D eigenvalue weighted by atomic mass is 10.2. The average Bonchev–Trinajstić information content (AvgIpc) is 3.21. The minimum absolute atomic E-state index is 0.0951. The van der Waals surface area contributed by atoms with E-state index in [1.165, 1.54) is 4.90 Å². The van der Waals surface area contributed by atoms with Crippen molar-refractivity contribution < 1.29 is 19.1 Å². The van der Waals surface area contributed by atoms with Crippen LogP contribution in [0.4, 0.5) is 4.79 Å². The molecule has 0 radical (unpaired) electrons. The van der Waals surface area contributed by atoms with Crippen LogP contribution in [0.25, 0.3) is 0 Å². The number of nitrogens with one attached hydrogen (secondary N) is 1. The predicted molar refractivity (Wildman–Crippen MR) is 77.0 cm³/mol. The maximum absolute atomic E-state index is 12.2. The van der Waals surface area contributed by atoms with Gasteiger partial charge in [-0.05, 0) is 24.3 Å². The molecule has 2 atom stereocenters. The van der Waals surface area contributed by atoms with Crippen LogP contribution in [-0.2, 0) is 20.8 Å². The molecule has 114 valence electrons. The van der Waals surface area contributed by atoms with Gasteiger partial charge in [-0.1, -0.05) is 6.07 Å². The lowest BCUT2D eigenvalue weighted by molar-refractivity contribution is -0.125. The molecule has 2 amide bonds. The van der Waals surface area contributed by atoms with Crippen LogP contribution in [0.3, 0.4) is 0 Å². The average molecular weight is 310 g/mol. The summed E-state index contributed by atoms with van der Waals surface area (Å²) in [4.78, 5) is 26.5. The minimum atomic E-state index is -0.555. The van der Waals surface area contributed by atoms with E-state index in [1.807, 2.05) is 17.5 Å². The van der Waals surface area contributed by atoms with Crippen molar-refractivity contribution in [3.05, 3.63) is 22.4 Å². The van der Waals surface area contributed by atoms with Gasteiger partial charge in [-0.2, -0.15) is 0 Å². The summed E-state index contributed by atoms with van der Waals surface area (Å²) in [5.41, 5.74) is 0. The summed E-state index contributed by atoms with van der Waals surface area (Å²) in [5, 5.41) is 4.81. The van der Waals surface area contributed by atoms with Gasteiger partial charge in [0.05, 0.1) is 12.6 Å². The molecule has 0 spiro atoms. The van der Waals surface area contributed by atoms with Gasteiger partial charge in [-0.15, -0.1) is 11.3 Å². The Morgan fingerprint density at radius 1 is 1.52 bits per heavy atom. The van der Waals surface area contributed by atoms with Gasteiger partial charge in [0.15, 0.2) is 0 Å². The van der Waals surface area contributed by atoms with Gasteiger partial charge < -0.3 is 14.8 Å². The van der Waals surface area contributed by atoms with Crippen LogP contribution in [-0.4, -0.2) is 48.8 Å². The summed E-state index contributed by atoms with van der Waals surface area (Å²) in [6.45, 7) is 1.78.